The summed E-state index contributed by atoms with van der Waals surface area (Å²) < 4.78 is 13.5. The Labute approximate surface area is 217 Å². The topological polar surface area (TPSA) is 73.2 Å². The number of nitriles is 1. The van der Waals surface area contributed by atoms with Crippen LogP contribution in [0.5, 0.6) is 0 Å². The molecule has 5 nitrogen and oxygen atoms in total. The van der Waals surface area contributed by atoms with Crippen LogP contribution in [0.25, 0.3) is 0 Å². The molecule has 3 aromatic rings. The summed E-state index contributed by atoms with van der Waals surface area (Å²) in [7, 11) is 0. The molecule has 0 aliphatic carbocycles. The van der Waals surface area contributed by atoms with Crippen LogP contribution in [0.2, 0.25) is 15.1 Å². The number of nitrogens with one attached hydrogen (secondary N) is 1. The zero-order chi connectivity index (χ0) is 25.3. The van der Waals surface area contributed by atoms with Gasteiger partial charge < -0.3 is 10.2 Å². The van der Waals surface area contributed by atoms with Gasteiger partial charge in [0.2, 0.25) is 11.8 Å². The number of hydrogen-bond acceptors (Lipinski definition) is 3. The first-order chi connectivity index (χ1) is 16.7. The molecule has 0 radical (unpaired) electrons. The van der Waals surface area contributed by atoms with Crippen molar-refractivity contribution in [1.29, 1.82) is 5.26 Å². The number of anilines is 2. The van der Waals surface area contributed by atoms with Crippen molar-refractivity contribution in [1.82, 2.24) is 0 Å². The first-order valence-electron chi connectivity index (χ1n) is 10.7. The Morgan fingerprint density at radius 2 is 1.83 bits per heavy atom. The zero-order valence-electron chi connectivity index (χ0n) is 18.5. The second-order valence-corrected chi connectivity index (χ2v) is 9.55. The molecule has 2 amide bonds. The molecular formula is C26H19Cl3FN3O2. The lowest BCUT2D eigenvalue weighted by Gasteiger charge is -2.18. The highest BCUT2D eigenvalue weighted by molar-refractivity contribution is 6.32. The van der Waals surface area contributed by atoms with Crippen molar-refractivity contribution in [3.05, 3.63) is 92.2 Å². The van der Waals surface area contributed by atoms with Crippen LogP contribution in [0, 0.1) is 30.0 Å². The molecule has 1 saturated heterocycles. The molecule has 178 valence electrons. The third-order valence-corrected chi connectivity index (χ3v) is 6.82. The Morgan fingerprint density at radius 3 is 2.49 bits per heavy atom. The third-order valence-electron chi connectivity index (χ3n) is 5.96. The minimum atomic E-state index is -0.606. The standard InChI is InChI=1S/C26H19Cl3FN3O2/c1-14-8-19(20(12-31)15-2-4-17(27)5-3-15)21(28)11-24(14)32-26(35)16-9-25(34)33(13-16)18-6-7-23(30)22(29)10-18/h2-8,10-11,16,20H,9,13H2,1H3,(H,32,35). The normalized spacial score (nSPS) is 16.2. The van der Waals surface area contributed by atoms with Crippen LogP contribution in [0.4, 0.5) is 15.8 Å². The summed E-state index contributed by atoms with van der Waals surface area (Å²) in [6.07, 6.45) is 0.0127. The summed E-state index contributed by atoms with van der Waals surface area (Å²) in [6.45, 7) is 1.95. The van der Waals surface area contributed by atoms with Crippen molar-refractivity contribution in [2.75, 3.05) is 16.8 Å². The van der Waals surface area contributed by atoms with E-state index in [1.165, 1.54) is 23.1 Å². The number of hydrogen-bond donors (Lipinski definition) is 1. The van der Waals surface area contributed by atoms with Crippen molar-refractivity contribution < 1.29 is 14.0 Å². The fraction of sp³-hybridized carbons (Fsp3) is 0.192. The van der Waals surface area contributed by atoms with E-state index in [9.17, 15) is 19.2 Å². The second-order valence-electron chi connectivity index (χ2n) is 8.30. The average molecular weight is 531 g/mol. The highest BCUT2D eigenvalue weighted by Crippen LogP contribution is 2.35. The number of carbonyl (C=O) groups excluding carboxylic acids is 2. The maximum absolute atomic E-state index is 13.5. The molecule has 3 aromatic carbocycles. The second kappa shape index (κ2) is 10.2. The summed E-state index contributed by atoms with van der Waals surface area (Å²) in [5.74, 6) is -2.38. The molecule has 2 unspecified atom stereocenters. The van der Waals surface area contributed by atoms with E-state index in [0.29, 0.717) is 27.0 Å². The molecule has 0 bridgehead atoms. The van der Waals surface area contributed by atoms with E-state index >= 15 is 0 Å². The number of amides is 2. The molecule has 1 fully saturated rings. The lowest BCUT2D eigenvalue weighted by molar-refractivity contribution is -0.122. The Morgan fingerprint density at radius 1 is 1.11 bits per heavy atom. The molecule has 0 spiro atoms. The summed E-state index contributed by atoms with van der Waals surface area (Å²) in [5, 5.41) is 13.4. The third kappa shape index (κ3) is 5.28. The number of nitrogens with zero attached hydrogens (tertiary/aromatic N) is 2. The van der Waals surface area contributed by atoms with Gasteiger partial charge in [0, 0.05) is 34.4 Å². The number of carbonyl (C=O) groups is 2. The quantitative estimate of drug-likeness (QED) is 0.397. The lowest BCUT2D eigenvalue weighted by atomic mass is 9.91. The molecule has 9 heteroatoms. The van der Waals surface area contributed by atoms with Crippen LogP contribution in [0.3, 0.4) is 0 Å². The van der Waals surface area contributed by atoms with E-state index in [1.807, 2.05) is 0 Å². The maximum atomic E-state index is 13.5. The zero-order valence-corrected chi connectivity index (χ0v) is 20.8. The predicted octanol–water partition coefficient (Wildman–Crippen LogP) is 6.74. The summed E-state index contributed by atoms with van der Waals surface area (Å²) >= 11 is 18.3. The van der Waals surface area contributed by atoms with Crippen LogP contribution in [-0.4, -0.2) is 18.4 Å². The van der Waals surface area contributed by atoms with Gasteiger partial charge in [-0.25, -0.2) is 4.39 Å². The van der Waals surface area contributed by atoms with Crippen LogP contribution >= 0.6 is 34.8 Å². The largest absolute Gasteiger partial charge is 0.325 e. The maximum Gasteiger partial charge on any atom is 0.229 e. The summed E-state index contributed by atoms with van der Waals surface area (Å²) in [6, 6.07) is 16.6. The van der Waals surface area contributed by atoms with Gasteiger partial charge in [0.05, 0.1) is 22.9 Å². The number of benzene rings is 3. The van der Waals surface area contributed by atoms with Crippen LogP contribution < -0.4 is 10.2 Å². The molecule has 1 aliphatic rings. The Balaban J connectivity index is 1.51. The average Bonchev–Trinajstić information content (AvgIpc) is 3.22. The SMILES string of the molecule is Cc1cc(C(C#N)c2ccc(Cl)cc2)c(Cl)cc1NC(=O)C1CC(=O)N(c2ccc(F)c(Cl)c2)C1. The monoisotopic (exact) mass is 529 g/mol. The Kier molecular flexibility index (Phi) is 7.32. The van der Waals surface area contributed by atoms with Gasteiger partial charge in [-0.15, -0.1) is 0 Å². The highest BCUT2D eigenvalue weighted by atomic mass is 35.5. The first kappa shape index (κ1) is 25.0. The molecule has 4 rings (SSSR count). The Hall–Kier alpha value is -3.11. The fourth-order valence-corrected chi connectivity index (χ4v) is 4.63. The van der Waals surface area contributed by atoms with Crippen molar-refractivity contribution >= 4 is 58.0 Å². The fourth-order valence-electron chi connectivity index (χ4n) is 4.06. The number of aryl methyl sites for hydroxylation is 1. The summed E-state index contributed by atoms with van der Waals surface area (Å²) in [4.78, 5) is 26.9. The molecule has 0 aromatic heterocycles. The molecule has 1 N–H and O–H groups in total. The van der Waals surface area contributed by atoms with E-state index < -0.39 is 17.7 Å². The van der Waals surface area contributed by atoms with E-state index in [4.69, 9.17) is 34.8 Å². The van der Waals surface area contributed by atoms with Gasteiger partial charge in [-0.2, -0.15) is 5.26 Å². The van der Waals surface area contributed by atoms with Crippen molar-refractivity contribution in [3.8, 4) is 6.07 Å². The van der Waals surface area contributed by atoms with Crippen LogP contribution in [0.15, 0.2) is 54.6 Å². The molecule has 1 heterocycles. The van der Waals surface area contributed by atoms with E-state index in [1.54, 1.807) is 43.3 Å². The molecule has 0 saturated carbocycles. The van der Waals surface area contributed by atoms with Crippen LogP contribution in [0.1, 0.15) is 29.0 Å². The van der Waals surface area contributed by atoms with Crippen LogP contribution in [-0.2, 0) is 9.59 Å². The number of rotatable bonds is 5. The van der Waals surface area contributed by atoms with E-state index in [0.717, 1.165) is 11.1 Å². The first-order valence-corrected chi connectivity index (χ1v) is 11.8. The highest BCUT2D eigenvalue weighted by Gasteiger charge is 2.35. The number of halogens is 4. The Bertz CT molecular complexity index is 1360. The molecule has 35 heavy (non-hydrogen) atoms. The van der Waals surface area contributed by atoms with Gasteiger partial charge in [-0.3, -0.25) is 9.59 Å². The smallest absolute Gasteiger partial charge is 0.229 e. The minimum Gasteiger partial charge on any atom is -0.325 e. The van der Waals surface area contributed by atoms with Gasteiger partial charge in [-0.1, -0.05) is 53.0 Å². The predicted molar refractivity (Wildman–Crippen MR) is 136 cm³/mol. The summed E-state index contributed by atoms with van der Waals surface area (Å²) in [5.41, 5.74) is 3.01. The van der Waals surface area contributed by atoms with Crippen molar-refractivity contribution in [2.24, 2.45) is 5.92 Å². The lowest BCUT2D eigenvalue weighted by Crippen LogP contribution is -2.28. The van der Waals surface area contributed by atoms with E-state index in [2.05, 4.69) is 11.4 Å². The molecule has 1 aliphatic heterocycles. The van der Waals surface area contributed by atoms with Gasteiger partial charge in [-0.05, 0) is 60.0 Å². The minimum absolute atomic E-state index is 0.0127. The van der Waals surface area contributed by atoms with Gasteiger partial charge in [0.15, 0.2) is 0 Å². The van der Waals surface area contributed by atoms with Gasteiger partial charge >= 0.3 is 0 Å². The molecule has 2 atom stereocenters. The van der Waals surface area contributed by atoms with Crippen molar-refractivity contribution in [2.45, 2.75) is 19.3 Å². The van der Waals surface area contributed by atoms with Gasteiger partial charge in [0.1, 0.15) is 5.82 Å². The van der Waals surface area contributed by atoms with Crippen molar-refractivity contribution in [3.63, 3.8) is 0 Å². The van der Waals surface area contributed by atoms with E-state index in [-0.39, 0.29) is 29.8 Å². The molecular weight excluding hydrogens is 512 g/mol. The van der Waals surface area contributed by atoms with Gasteiger partial charge in [0.25, 0.3) is 0 Å².